The average Bonchev–Trinajstić information content (AvgIpc) is 2.96. The maximum atomic E-state index is 15.2. The first-order chi connectivity index (χ1) is 19.8. The van der Waals surface area contributed by atoms with Gasteiger partial charge in [0.1, 0.15) is 5.83 Å². The first-order valence-electron chi connectivity index (χ1n) is 16.0. The lowest BCUT2D eigenvalue weighted by Gasteiger charge is -2.31. The Morgan fingerprint density at radius 2 is 1.67 bits per heavy atom. The normalized spacial score (nSPS) is 18.6. The number of carbonyl (C=O) groups excluding carboxylic acids is 1. The van der Waals surface area contributed by atoms with Gasteiger partial charge in [0.05, 0.1) is 11.4 Å². The Morgan fingerprint density at radius 3 is 2.19 bits per heavy atom. The average molecular weight is 580 g/mol. The van der Waals surface area contributed by atoms with Crippen LogP contribution in [0, 0.1) is 23.7 Å². The Kier molecular flexibility index (Phi) is 16.4. The van der Waals surface area contributed by atoms with Crippen molar-refractivity contribution in [2.75, 3.05) is 13.1 Å². The zero-order valence-corrected chi connectivity index (χ0v) is 28.4. The van der Waals surface area contributed by atoms with Gasteiger partial charge in [0.2, 0.25) is 0 Å². The van der Waals surface area contributed by atoms with Gasteiger partial charge in [-0.2, -0.15) is 0 Å². The van der Waals surface area contributed by atoms with Gasteiger partial charge < -0.3 is 9.80 Å². The number of hydrogen-bond acceptors (Lipinski definition) is 4. The van der Waals surface area contributed by atoms with Crippen molar-refractivity contribution < 1.29 is 9.18 Å². The summed E-state index contributed by atoms with van der Waals surface area (Å²) >= 11 is 0. The summed E-state index contributed by atoms with van der Waals surface area (Å²) in [6.45, 7) is 29.2. The van der Waals surface area contributed by atoms with E-state index in [2.05, 4.69) is 92.0 Å². The second-order valence-corrected chi connectivity index (χ2v) is 12.0. The molecule has 0 fully saturated rings. The Balaban J connectivity index is 3.62. The standard InChI is InChI=1S/C37H58FN3O/c1-13-20-40(23-29(9)26(6)14-2)34(17-5)18-19-36(28(8)16-4)39-37(21-31(11)42)33-22-35(38)32(12)41(25-33)24-30(10)27(7)15-3/h17-19,21-22,24-29H,12-16,20,23H2,1-11H3/b19-18-,30-24-,34-17+,37-21-,39-36+/t26?,27?,28?,29-/m0/s1. The van der Waals surface area contributed by atoms with Crippen LogP contribution in [0.5, 0.6) is 0 Å². The van der Waals surface area contributed by atoms with Crippen LogP contribution in [0.4, 0.5) is 4.39 Å². The summed E-state index contributed by atoms with van der Waals surface area (Å²) in [5.41, 5.74) is 4.41. The van der Waals surface area contributed by atoms with Crippen molar-refractivity contribution in [3.8, 4) is 0 Å². The number of allylic oxidation sites excluding steroid dienone is 7. The molecule has 5 heteroatoms. The fourth-order valence-electron chi connectivity index (χ4n) is 4.65. The van der Waals surface area contributed by atoms with Crippen molar-refractivity contribution in [2.24, 2.45) is 28.7 Å². The van der Waals surface area contributed by atoms with E-state index >= 15 is 4.39 Å². The summed E-state index contributed by atoms with van der Waals surface area (Å²) in [6, 6.07) is 0. The highest BCUT2D eigenvalue weighted by atomic mass is 19.1. The van der Waals surface area contributed by atoms with E-state index in [1.54, 1.807) is 4.90 Å². The van der Waals surface area contributed by atoms with E-state index in [1.165, 1.54) is 25.5 Å². The predicted molar refractivity (Wildman–Crippen MR) is 180 cm³/mol. The molecule has 1 rings (SSSR count). The molecule has 0 spiro atoms. The lowest BCUT2D eigenvalue weighted by molar-refractivity contribution is -0.112. The molecular formula is C37H58FN3O. The number of aliphatic imine (C=N–C) groups is 1. The number of hydrogen-bond donors (Lipinski definition) is 0. The van der Waals surface area contributed by atoms with Gasteiger partial charge in [-0.25, -0.2) is 4.39 Å². The zero-order valence-electron chi connectivity index (χ0n) is 28.4. The molecule has 0 aromatic rings. The molecule has 0 aromatic carbocycles. The number of rotatable bonds is 17. The summed E-state index contributed by atoms with van der Waals surface area (Å²) < 4.78 is 15.2. The molecule has 4 nitrogen and oxygen atoms in total. The van der Waals surface area contributed by atoms with Crippen LogP contribution in [-0.2, 0) is 4.79 Å². The third-order valence-corrected chi connectivity index (χ3v) is 8.59. The van der Waals surface area contributed by atoms with E-state index in [0.29, 0.717) is 29.0 Å². The van der Waals surface area contributed by atoms with Gasteiger partial charge in [0.25, 0.3) is 0 Å². The van der Waals surface area contributed by atoms with Crippen LogP contribution < -0.4 is 0 Å². The van der Waals surface area contributed by atoms with E-state index in [0.717, 1.165) is 49.3 Å². The summed E-state index contributed by atoms with van der Waals surface area (Å²) in [7, 11) is 0. The fourth-order valence-corrected chi connectivity index (χ4v) is 4.65. The van der Waals surface area contributed by atoms with Crippen molar-refractivity contribution in [3.05, 3.63) is 83.4 Å². The van der Waals surface area contributed by atoms with Gasteiger partial charge >= 0.3 is 0 Å². The first kappa shape index (κ1) is 37.1. The number of nitrogens with zero attached hydrogens (tertiary/aromatic N) is 3. The molecular weight excluding hydrogens is 521 g/mol. The van der Waals surface area contributed by atoms with Crippen LogP contribution >= 0.6 is 0 Å². The minimum Gasteiger partial charge on any atom is -0.372 e. The highest BCUT2D eigenvalue weighted by molar-refractivity contribution is 5.99. The Labute approximate surface area is 257 Å². The maximum Gasteiger partial charge on any atom is 0.154 e. The second-order valence-electron chi connectivity index (χ2n) is 12.0. The van der Waals surface area contributed by atoms with Crippen molar-refractivity contribution in [3.63, 3.8) is 0 Å². The molecule has 0 radical (unpaired) electrons. The molecule has 0 saturated carbocycles. The molecule has 1 aliphatic rings. The molecule has 0 amide bonds. The molecule has 1 aliphatic heterocycles. The lowest BCUT2D eigenvalue weighted by atomic mass is 9.93. The summed E-state index contributed by atoms with van der Waals surface area (Å²) in [4.78, 5) is 21.5. The SMILES string of the molecule is C=C1C(F)=CC(C(=C/C(C)=O)/N=C(\C=C/C(=C\C)N(CCC)C[C@H](C)C(C)CC)C(C)CC)=CN1/C=C(/C)C(C)CC. The molecule has 0 saturated heterocycles. The fraction of sp³-hybridized carbons (Fsp3) is 0.568. The maximum absolute atomic E-state index is 15.2. The Bertz CT molecular complexity index is 1130. The smallest absolute Gasteiger partial charge is 0.154 e. The predicted octanol–water partition coefficient (Wildman–Crippen LogP) is 10.3. The van der Waals surface area contributed by atoms with E-state index in [1.807, 2.05) is 19.3 Å². The molecule has 3 unspecified atom stereocenters. The topological polar surface area (TPSA) is 35.9 Å². The minimum absolute atomic E-state index is 0.138. The Morgan fingerprint density at radius 1 is 1.02 bits per heavy atom. The van der Waals surface area contributed by atoms with Crippen LogP contribution in [0.2, 0.25) is 0 Å². The minimum atomic E-state index is -0.437. The molecule has 0 aromatic heterocycles. The van der Waals surface area contributed by atoms with E-state index in [-0.39, 0.29) is 17.4 Å². The van der Waals surface area contributed by atoms with Crippen molar-refractivity contribution in [1.82, 2.24) is 9.80 Å². The van der Waals surface area contributed by atoms with Crippen LogP contribution in [0.1, 0.15) is 102 Å². The van der Waals surface area contributed by atoms with Gasteiger partial charge in [0, 0.05) is 48.5 Å². The van der Waals surface area contributed by atoms with Crippen LogP contribution in [0.25, 0.3) is 0 Å². The molecule has 1 heterocycles. The highest BCUT2D eigenvalue weighted by Gasteiger charge is 2.20. The molecule has 0 N–H and O–H groups in total. The van der Waals surface area contributed by atoms with Crippen LogP contribution in [0.3, 0.4) is 0 Å². The second kappa shape index (κ2) is 18.6. The van der Waals surface area contributed by atoms with E-state index in [9.17, 15) is 4.79 Å². The molecule has 0 bridgehead atoms. The molecule has 42 heavy (non-hydrogen) atoms. The molecule has 4 atom stereocenters. The summed E-state index contributed by atoms with van der Waals surface area (Å²) in [5, 5.41) is 0. The Hall–Kier alpha value is -2.95. The first-order valence-corrected chi connectivity index (χ1v) is 16.0. The van der Waals surface area contributed by atoms with Crippen LogP contribution in [-0.4, -0.2) is 34.4 Å². The van der Waals surface area contributed by atoms with E-state index in [4.69, 9.17) is 4.99 Å². The third kappa shape index (κ3) is 11.4. The molecule has 0 aliphatic carbocycles. The van der Waals surface area contributed by atoms with Gasteiger partial charge in [-0.05, 0) is 81.9 Å². The van der Waals surface area contributed by atoms with Gasteiger partial charge in [-0.15, -0.1) is 0 Å². The van der Waals surface area contributed by atoms with Gasteiger partial charge in [-0.3, -0.25) is 9.79 Å². The third-order valence-electron chi connectivity index (χ3n) is 8.59. The van der Waals surface area contributed by atoms with Crippen molar-refractivity contribution in [1.29, 1.82) is 0 Å². The highest BCUT2D eigenvalue weighted by Crippen LogP contribution is 2.30. The molecule has 234 valence electrons. The van der Waals surface area contributed by atoms with Crippen LogP contribution in [0.15, 0.2) is 88.4 Å². The number of halogens is 1. The van der Waals surface area contributed by atoms with Gasteiger partial charge in [-0.1, -0.05) is 80.0 Å². The quantitative estimate of drug-likeness (QED) is 0.0977. The summed E-state index contributed by atoms with van der Waals surface area (Å²) in [6.07, 6.45) is 17.2. The largest absolute Gasteiger partial charge is 0.372 e. The van der Waals surface area contributed by atoms with Crippen molar-refractivity contribution in [2.45, 2.75) is 102 Å². The van der Waals surface area contributed by atoms with E-state index < -0.39 is 5.83 Å². The number of carbonyl (C=O) groups is 1. The monoisotopic (exact) mass is 579 g/mol. The lowest BCUT2D eigenvalue weighted by Crippen LogP contribution is -2.30. The zero-order chi connectivity index (χ0) is 32.0. The van der Waals surface area contributed by atoms with Crippen molar-refractivity contribution >= 4 is 11.5 Å². The number of ketones is 1. The van der Waals surface area contributed by atoms with Gasteiger partial charge in [0.15, 0.2) is 5.78 Å². The summed E-state index contributed by atoms with van der Waals surface area (Å²) in [5.74, 6) is 1.16.